The lowest BCUT2D eigenvalue weighted by molar-refractivity contribution is -0.143. The fourth-order valence-corrected chi connectivity index (χ4v) is 4.84. The van der Waals surface area contributed by atoms with Crippen LogP contribution >= 0.6 is 0 Å². The van der Waals surface area contributed by atoms with Crippen molar-refractivity contribution >= 4 is 29.3 Å². The summed E-state index contributed by atoms with van der Waals surface area (Å²) >= 11 is 0. The van der Waals surface area contributed by atoms with Crippen LogP contribution in [0.4, 0.5) is 41.6 Å². The third-order valence-electron chi connectivity index (χ3n) is 6.97. The highest BCUT2D eigenvalue weighted by Crippen LogP contribution is 2.38. The molecule has 1 fully saturated rings. The number of carbonyl (C=O) groups is 2. The fourth-order valence-electron chi connectivity index (χ4n) is 4.84. The van der Waals surface area contributed by atoms with Crippen molar-refractivity contribution < 1.29 is 50.2 Å². The Bertz CT molecular complexity index is 1320. The molecular formula is C27H25F6N3O5. The molecule has 0 aromatic heterocycles. The average molecular weight is 586 g/mol. The van der Waals surface area contributed by atoms with Gasteiger partial charge in [0.15, 0.2) is 0 Å². The van der Waals surface area contributed by atoms with E-state index >= 15 is 0 Å². The standard InChI is InChI=1S/C27H25F6N3O5/c1-40-23(21(15-37)17-12-18(26(28,29)30)14-19(13-17)27(31,32)33)41-25(39)35-9-7-20(8-10-35)36-11-6-16-4-2-3-5-22(16)34-24(36)38/h2-5,12-14,20,23H,6-11H2,1H3,(H,34,38)/t23-/m1/s1. The molecule has 14 heteroatoms. The van der Waals surface area contributed by atoms with Gasteiger partial charge in [-0.15, -0.1) is 0 Å². The number of likely N-dealkylation sites (tertiary alicyclic amines) is 1. The number of alkyl halides is 6. The van der Waals surface area contributed by atoms with Gasteiger partial charge in [0, 0.05) is 38.5 Å². The third-order valence-corrected chi connectivity index (χ3v) is 6.97. The quantitative estimate of drug-likeness (QED) is 0.280. The van der Waals surface area contributed by atoms with E-state index in [-0.39, 0.29) is 31.2 Å². The maximum atomic E-state index is 13.3. The van der Waals surface area contributed by atoms with Crippen LogP contribution in [0.1, 0.15) is 35.1 Å². The summed E-state index contributed by atoms with van der Waals surface area (Å²) in [6.45, 7) is 0.741. The van der Waals surface area contributed by atoms with E-state index in [1.807, 2.05) is 24.3 Å². The number of amides is 3. The summed E-state index contributed by atoms with van der Waals surface area (Å²) in [5, 5.41) is 2.88. The zero-order valence-corrected chi connectivity index (χ0v) is 21.6. The van der Waals surface area contributed by atoms with Crippen molar-refractivity contribution in [2.75, 3.05) is 32.1 Å². The van der Waals surface area contributed by atoms with E-state index in [1.165, 1.54) is 10.8 Å². The maximum absolute atomic E-state index is 13.3. The molecule has 220 valence electrons. The molecule has 1 N–H and O–H groups in total. The van der Waals surface area contributed by atoms with Crippen LogP contribution < -0.4 is 5.32 Å². The minimum atomic E-state index is -5.15. The molecule has 2 heterocycles. The molecule has 0 aliphatic carbocycles. The van der Waals surface area contributed by atoms with Gasteiger partial charge in [0.1, 0.15) is 11.5 Å². The molecule has 4 rings (SSSR count). The van der Waals surface area contributed by atoms with Gasteiger partial charge in [-0.2, -0.15) is 26.3 Å². The molecule has 0 radical (unpaired) electrons. The number of nitrogens with zero attached hydrogens (tertiary/aromatic N) is 2. The number of benzene rings is 2. The molecule has 2 aromatic rings. The monoisotopic (exact) mass is 585 g/mol. The molecule has 3 amide bonds. The molecule has 1 saturated heterocycles. The number of methoxy groups -OCH3 is 1. The van der Waals surface area contributed by atoms with E-state index < -0.39 is 47.0 Å². The number of carbonyl (C=O) groups excluding carboxylic acids is 3. The molecular weight excluding hydrogens is 560 g/mol. The molecule has 1 atom stereocenters. The Hall–Kier alpha value is -4.03. The molecule has 0 bridgehead atoms. The number of hydrogen-bond acceptors (Lipinski definition) is 5. The van der Waals surface area contributed by atoms with Crippen LogP contribution in [0, 0.1) is 0 Å². The van der Waals surface area contributed by atoms with E-state index in [2.05, 4.69) is 5.32 Å². The highest BCUT2D eigenvalue weighted by Gasteiger charge is 2.39. The Morgan fingerprint density at radius 3 is 2.17 bits per heavy atom. The Kier molecular flexibility index (Phi) is 8.64. The molecule has 8 nitrogen and oxygen atoms in total. The second-order valence-corrected chi connectivity index (χ2v) is 9.51. The van der Waals surface area contributed by atoms with Crippen molar-refractivity contribution in [3.8, 4) is 0 Å². The van der Waals surface area contributed by atoms with E-state index in [1.54, 1.807) is 4.90 Å². The number of halogens is 6. The van der Waals surface area contributed by atoms with Gasteiger partial charge in [-0.1, -0.05) is 18.2 Å². The van der Waals surface area contributed by atoms with Crippen LogP contribution in [-0.4, -0.2) is 66.9 Å². The largest absolute Gasteiger partial charge is 0.416 e. The third kappa shape index (κ3) is 6.83. The van der Waals surface area contributed by atoms with Crippen molar-refractivity contribution in [2.24, 2.45) is 0 Å². The number of piperidine rings is 1. The fraction of sp³-hybridized carbons (Fsp3) is 0.407. The average Bonchev–Trinajstić information content (AvgIpc) is 3.09. The van der Waals surface area contributed by atoms with Gasteiger partial charge in [0.05, 0.1) is 11.1 Å². The predicted molar refractivity (Wildman–Crippen MR) is 133 cm³/mol. The number of rotatable bonds is 5. The van der Waals surface area contributed by atoms with Gasteiger partial charge in [-0.25, -0.2) is 14.4 Å². The summed E-state index contributed by atoms with van der Waals surface area (Å²) in [6.07, 6.45) is -11.8. The van der Waals surface area contributed by atoms with Gasteiger partial charge < -0.3 is 24.6 Å². The Labute approximate surface area is 230 Å². The number of nitrogens with one attached hydrogen (secondary N) is 1. The SMILES string of the molecule is CO[C@H](OC(=O)N1CCC(N2CCc3ccccc3NC2=O)CC1)C(=C=O)c1cc(C(F)(F)F)cc(C(F)(F)F)c1. The Morgan fingerprint density at radius 1 is 1.00 bits per heavy atom. The first kappa shape index (κ1) is 29.9. The molecule has 41 heavy (non-hydrogen) atoms. The topological polar surface area (TPSA) is 88.2 Å². The summed E-state index contributed by atoms with van der Waals surface area (Å²) < 4.78 is 89.9. The first-order valence-corrected chi connectivity index (χ1v) is 12.5. The van der Waals surface area contributed by atoms with Gasteiger partial charge in [0.2, 0.25) is 6.29 Å². The van der Waals surface area contributed by atoms with Crippen LogP contribution in [0.5, 0.6) is 0 Å². The van der Waals surface area contributed by atoms with Gasteiger partial charge in [-0.3, -0.25) is 0 Å². The summed E-state index contributed by atoms with van der Waals surface area (Å²) in [5.74, 6) is 1.26. The number of hydrogen-bond donors (Lipinski definition) is 1. The van der Waals surface area contributed by atoms with Crippen molar-refractivity contribution in [2.45, 2.75) is 43.9 Å². The van der Waals surface area contributed by atoms with Crippen LogP contribution in [0.15, 0.2) is 42.5 Å². The molecule has 2 aromatic carbocycles. The van der Waals surface area contributed by atoms with E-state index in [9.17, 15) is 40.7 Å². The predicted octanol–water partition coefficient (Wildman–Crippen LogP) is 5.60. The lowest BCUT2D eigenvalue weighted by Gasteiger charge is -2.37. The highest BCUT2D eigenvalue weighted by atomic mass is 19.4. The number of anilines is 1. The number of fused-ring (bicyclic) bond motifs is 1. The molecule has 2 aliphatic heterocycles. The second kappa shape index (κ2) is 11.8. The minimum absolute atomic E-state index is 0.0901. The zero-order chi connectivity index (χ0) is 29.9. The highest BCUT2D eigenvalue weighted by molar-refractivity contribution is 5.91. The van der Waals surface area contributed by atoms with Crippen LogP contribution in [0.25, 0.3) is 5.57 Å². The number of urea groups is 1. The number of ether oxygens (including phenoxy) is 2. The minimum Gasteiger partial charge on any atom is -0.414 e. The van der Waals surface area contributed by atoms with E-state index in [0.717, 1.165) is 18.4 Å². The van der Waals surface area contributed by atoms with Gasteiger partial charge >= 0.3 is 24.5 Å². The van der Waals surface area contributed by atoms with Crippen LogP contribution in [0.3, 0.4) is 0 Å². The summed E-state index contributed by atoms with van der Waals surface area (Å²) in [5.41, 5.74) is -3.24. The van der Waals surface area contributed by atoms with Crippen molar-refractivity contribution in [3.05, 3.63) is 64.7 Å². The van der Waals surface area contributed by atoms with Gasteiger partial charge in [-0.05, 0) is 54.7 Å². The lowest BCUT2D eigenvalue weighted by atomic mass is 9.99. The summed E-state index contributed by atoms with van der Waals surface area (Å²) in [6, 6.07) is 7.54. The molecule has 0 unspecified atom stereocenters. The smallest absolute Gasteiger partial charge is 0.414 e. The summed E-state index contributed by atoms with van der Waals surface area (Å²) in [4.78, 5) is 40.3. The van der Waals surface area contributed by atoms with Crippen LogP contribution in [0.2, 0.25) is 0 Å². The van der Waals surface area contributed by atoms with Crippen LogP contribution in [-0.2, 0) is 33.0 Å². The lowest BCUT2D eigenvalue weighted by Crippen LogP contribution is -2.50. The van der Waals surface area contributed by atoms with E-state index in [4.69, 9.17) is 9.47 Å². The normalized spacial score (nSPS) is 17.2. The first-order chi connectivity index (χ1) is 19.3. The summed E-state index contributed by atoms with van der Waals surface area (Å²) in [7, 11) is 0.968. The Balaban J connectivity index is 1.43. The van der Waals surface area contributed by atoms with Crippen molar-refractivity contribution in [3.63, 3.8) is 0 Å². The Morgan fingerprint density at radius 2 is 1.61 bits per heavy atom. The van der Waals surface area contributed by atoms with Crippen molar-refractivity contribution in [1.29, 1.82) is 0 Å². The molecule has 2 aliphatic rings. The maximum Gasteiger partial charge on any atom is 0.416 e. The zero-order valence-electron chi connectivity index (χ0n) is 21.6. The first-order valence-electron chi connectivity index (χ1n) is 12.5. The number of para-hydroxylation sites is 1. The molecule has 0 saturated carbocycles. The van der Waals surface area contributed by atoms with Gasteiger partial charge in [0.25, 0.3) is 0 Å². The second-order valence-electron chi connectivity index (χ2n) is 9.51. The van der Waals surface area contributed by atoms with Crippen molar-refractivity contribution in [1.82, 2.24) is 9.80 Å². The van der Waals surface area contributed by atoms with E-state index in [0.29, 0.717) is 37.9 Å². The molecule has 0 spiro atoms.